The van der Waals surface area contributed by atoms with Crippen LogP contribution in [0.2, 0.25) is 0 Å². The van der Waals surface area contributed by atoms with Crippen LogP contribution in [0.4, 0.5) is 27.5 Å². The summed E-state index contributed by atoms with van der Waals surface area (Å²) in [6.07, 6.45) is 0. The monoisotopic (exact) mass is 324 g/mol. The van der Waals surface area contributed by atoms with E-state index >= 15 is 0 Å². The van der Waals surface area contributed by atoms with Crippen molar-refractivity contribution < 1.29 is 9.13 Å². The van der Waals surface area contributed by atoms with Crippen molar-refractivity contribution in [1.82, 2.24) is 9.97 Å². The van der Waals surface area contributed by atoms with Gasteiger partial charge in [0.1, 0.15) is 17.4 Å². The molecule has 3 rings (SSSR count). The third-order valence-electron chi connectivity index (χ3n) is 3.28. The first-order chi connectivity index (χ1) is 11.6. The average molecular weight is 324 g/mol. The van der Waals surface area contributed by atoms with Gasteiger partial charge < -0.3 is 15.4 Å². The molecule has 1 heterocycles. The Morgan fingerprint density at radius 1 is 0.917 bits per heavy atom. The van der Waals surface area contributed by atoms with Gasteiger partial charge in [0.05, 0.1) is 7.11 Å². The molecule has 0 aliphatic rings. The van der Waals surface area contributed by atoms with E-state index in [-0.39, 0.29) is 5.82 Å². The molecule has 0 aliphatic carbocycles. The van der Waals surface area contributed by atoms with E-state index in [9.17, 15) is 4.39 Å². The maximum atomic E-state index is 13.3. The third-order valence-corrected chi connectivity index (χ3v) is 3.28. The van der Waals surface area contributed by atoms with Gasteiger partial charge in [-0.15, -0.1) is 0 Å². The normalized spacial score (nSPS) is 10.3. The Bertz CT molecular complexity index is 854. The molecule has 0 atom stereocenters. The summed E-state index contributed by atoms with van der Waals surface area (Å²) in [7, 11) is 1.62. The standard InChI is InChI=1S/C18H17FN4O/c1-12-9-17(21-15-7-4-8-16(11-15)24-2)23-18(20-12)22-14-6-3-5-13(19)10-14/h3-11H,1-2H3,(H2,20,21,22,23). The Morgan fingerprint density at radius 2 is 1.67 bits per heavy atom. The van der Waals surface area contributed by atoms with Crippen LogP contribution in [-0.4, -0.2) is 17.1 Å². The molecular formula is C18H17FN4O. The number of benzene rings is 2. The van der Waals surface area contributed by atoms with Crippen LogP contribution in [0.25, 0.3) is 0 Å². The summed E-state index contributed by atoms with van der Waals surface area (Å²) in [4.78, 5) is 8.74. The van der Waals surface area contributed by atoms with Crippen molar-refractivity contribution in [3.63, 3.8) is 0 Å². The number of ether oxygens (including phenoxy) is 1. The van der Waals surface area contributed by atoms with Gasteiger partial charge in [-0.3, -0.25) is 0 Å². The summed E-state index contributed by atoms with van der Waals surface area (Å²) in [6.45, 7) is 1.87. The predicted molar refractivity (Wildman–Crippen MR) is 92.7 cm³/mol. The van der Waals surface area contributed by atoms with E-state index in [2.05, 4.69) is 20.6 Å². The minimum absolute atomic E-state index is 0.317. The molecule has 0 fully saturated rings. The molecule has 0 bridgehead atoms. The van der Waals surface area contributed by atoms with Gasteiger partial charge in [0.2, 0.25) is 5.95 Å². The first-order valence-corrected chi connectivity index (χ1v) is 7.42. The number of hydrogen-bond donors (Lipinski definition) is 2. The minimum Gasteiger partial charge on any atom is -0.497 e. The maximum Gasteiger partial charge on any atom is 0.229 e. The van der Waals surface area contributed by atoms with Crippen LogP contribution < -0.4 is 15.4 Å². The Labute approximate surface area is 139 Å². The van der Waals surface area contributed by atoms with Gasteiger partial charge in [0.25, 0.3) is 0 Å². The minimum atomic E-state index is -0.317. The van der Waals surface area contributed by atoms with Crippen molar-refractivity contribution in [2.24, 2.45) is 0 Å². The third kappa shape index (κ3) is 3.98. The first kappa shape index (κ1) is 15.7. The van der Waals surface area contributed by atoms with Crippen LogP contribution >= 0.6 is 0 Å². The lowest BCUT2D eigenvalue weighted by molar-refractivity contribution is 0.415. The molecule has 1 aromatic heterocycles. The largest absolute Gasteiger partial charge is 0.497 e. The second kappa shape index (κ2) is 6.95. The SMILES string of the molecule is COc1cccc(Nc2cc(C)nc(Nc3cccc(F)c3)n2)c1. The molecule has 5 nitrogen and oxygen atoms in total. The number of nitrogens with one attached hydrogen (secondary N) is 2. The number of aryl methyl sites for hydroxylation is 1. The number of nitrogens with zero attached hydrogens (tertiary/aromatic N) is 2. The fraction of sp³-hybridized carbons (Fsp3) is 0.111. The number of methoxy groups -OCH3 is 1. The Kier molecular flexibility index (Phi) is 4.56. The van der Waals surface area contributed by atoms with Crippen LogP contribution in [0.5, 0.6) is 5.75 Å². The molecule has 24 heavy (non-hydrogen) atoms. The van der Waals surface area contributed by atoms with Gasteiger partial charge in [-0.1, -0.05) is 12.1 Å². The summed E-state index contributed by atoms with van der Waals surface area (Å²) in [5.41, 5.74) is 2.23. The van der Waals surface area contributed by atoms with Gasteiger partial charge in [-0.2, -0.15) is 4.98 Å². The molecule has 0 unspecified atom stereocenters. The van der Waals surface area contributed by atoms with Crippen molar-refractivity contribution >= 4 is 23.1 Å². The Balaban J connectivity index is 1.83. The molecule has 0 saturated heterocycles. The summed E-state index contributed by atoms with van der Waals surface area (Å²) in [6, 6.07) is 15.5. The molecule has 0 amide bonds. The van der Waals surface area contributed by atoms with E-state index in [1.54, 1.807) is 19.2 Å². The molecule has 0 radical (unpaired) electrons. The number of anilines is 4. The summed E-state index contributed by atoms with van der Waals surface area (Å²) < 4.78 is 18.5. The van der Waals surface area contributed by atoms with Crippen LogP contribution in [0.3, 0.4) is 0 Å². The Hall–Kier alpha value is -3.15. The molecule has 0 aliphatic heterocycles. The zero-order valence-electron chi connectivity index (χ0n) is 13.4. The molecule has 2 N–H and O–H groups in total. The van der Waals surface area contributed by atoms with Crippen molar-refractivity contribution in [1.29, 1.82) is 0 Å². The highest BCUT2D eigenvalue weighted by Crippen LogP contribution is 2.22. The van der Waals surface area contributed by atoms with E-state index in [0.29, 0.717) is 17.5 Å². The lowest BCUT2D eigenvalue weighted by atomic mass is 10.3. The highest BCUT2D eigenvalue weighted by molar-refractivity contribution is 5.61. The molecule has 0 spiro atoms. The second-order valence-corrected chi connectivity index (χ2v) is 5.21. The molecular weight excluding hydrogens is 307 g/mol. The summed E-state index contributed by atoms with van der Waals surface area (Å²) >= 11 is 0. The zero-order chi connectivity index (χ0) is 16.9. The van der Waals surface area contributed by atoms with E-state index < -0.39 is 0 Å². The molecule has 2 aromatic carbocycles. The number of rotatable bonds is 5. The predicted octanol–water partition coefficient (Wildman–Crippen LogP) is 4.42. The number of halogens is 1. The maximum absolute atomic E-state index is 13.3. The van der Waals surface area contributed by atoms with E-state index in [4.69, 9.17) is 4.74 Å². The first-order valence-electron chi connectivity index (χ1n) is 7.42. The van der Waals surface area contributed by atoms with Crippen molar-refractivity contribution in [3.8, 4) is 5.75 Å². The van der Waals surface area contributed by atoms with Gasteiger partial charge in [-0.25, -0.2) is 9.37 Å². The van der Waals surface area contributed by atoms with E-state index in [1.807, 2.05) is 37.3 Å². The summed E-state index contributed by atoms with van der Waals surface area (Å²) in [5, 5.41) is 6.22. The van der Waals surface area contributed by atoms with Gasteiger partial charge in [0.15, 0.2) is 0 Å². The van der Waals surface area contributed by atoms with Crippen LogP contribution in [0.15, 0.2) is 54.6 Å². The molecule has 6 heteroatoms. The van der Waals surface area contributed by atoms with E-state index in [0.717, 1.165) is 17.1 Å². The van der Waals surface area contributed by atoms with Crippen molar-refractivity contribution in [3.05, 3.63) is 66.1 Å². The van der Waals surface area contributed by atoms with Crippen LogP contribution in [0, 0.1) is 12.7 Å². The van der Waals surface area contributed by atoms with Gasteiger partial charge >= 0.3 is 0 Å². The van der Waals surface area contributed by atoms with E-state index in [1.165, 1.54) is 12.1 Å². The van der Waals surface area contributed by atoms with Crippen LogP contribution in [0.1, 0.15) is 5.69 Å². The van der Waals surface area contributed by atoms with Gasteiger partial charge in [0, 0.05) is 29.2 Å². The number of hydrogen-bond acceptors (Lipinski definition) is 5. The topological polar surface area (TPSA) is 59.1 Å². The van der Waals surface area contributed by atoms with Crippen molar-refractivity contribution in [2.75, 3.05) is 17.7 Å². The Morgan fingerprint density at radius 3 is 2.42 bits per heavy atom. The lowest BCUT2D eigenvalue weighted by Gasteiger charge is -2.11. The quantitative estimate of drug-likeness (QED) is 0.727. The van der Waals surface area contributed by atoms with Crippen molar-refractivity contribution in [2.45, 2.75) is 6.92 Å². The highest BCUT2D eigenvalue weighted by atomic mass is 19.1. The average Bonchev–Trinajstić information content (AvgIpc) is 2.54. The number of aromatic nitrogens is 2. The zero-order valence-corrected chi connectivity index (χ0v) is 13.4. The van der Waals surface area contributed by atoms with Gasteiger partial charge in [-0.05, 0) is 37.3 Å². The summed E-state index contributed by atoms with van der Waals surface area (Å²) in [5.74, 6) is 1.46. The highest BCUT2D eigenvalue weighted by Gasteiger charge is 2.05. The molecule has 0 saturated carbocycles. The lowest BCUT2D eigenvalue weighted by Crippen LogP contribution is -2.02. The van der Waals surface area contributed by atoms with Crippen LogP contribution in [-0.2, 0) is 0 Å². The smallest absolute Gasteiger partial charge is 0.229 e. The molecule has 122 valence electrons. The molecule has 3 aromatic rings. The second-order valence-electron chi connectivity index (χ2n) is 5.21. The fourth-order valence-electron chi connectivity index (χ4n) is 2.23. The fourth-order valence-corrected chi connectivity index (χ4v) is 2.23.